The molecule has 7 rings (SSSR count). The van der Waals surface area contributed by atoms with Gasteiger partial charge in [0, 0.05) is 16.6 Å². The highest BCUT2D eigenvalue weighted by Gasteiger charge is 2.12. The van der Waals surface area contributed by atoms with Gasteiger partial charge in [-0.25, -0.2) is 4.98 Å². The average Bonchev–Trinajstić information content (AvgIpc) is 3.24. The molecular formula is C32H22N2. The Hall–Kier alpha value is -4.43. The van der Waals surface area contributed by atoms with Gasteiger partial charge in [-0.3, -0.25) is 4.57 Å². The molecule has 34 heavy (non-hydrogen) atoms. The first-order chi connectivity index (χ1) is 16.8. The number of rotatable bonds is 2. The van der Waals surface area contributed by atoms with Gasteiger partial charge >= 0.3 is 0 Å². The van der Waals surface area contributed by atoms with E-state index in [9.17, 15) is 0 Å². The molecule has 0 aliphatic rings. The predicted molar refractivity (Wildman–Crippen MR) is 144 cm³/mol. The van der Waals surface area contributed by atoms with Crippen molar-refractivity contribution >= 4 is 43.2 Å². The number of hydrogen-bond donors (Lipinski definition) is 0. The van der Waals surface area contributed by atoms with E-state index in [4.69, 9.17) is 4.98 Å². The Kier molecular flexibility index (Phi) is 4.09. The summed E-state index contributed by atoms with van der Waals surface area (Å²) in [5.74, 6) is 0.944. The molecule has 7 aromatic rings. The third kappa shape index (κ3) is 2.79. The normalized spacial score (nSPS) is 11.7. The zero-order chi connectivity index (χ0) is 22.6. The van der Waals surface area contributed by atoms with Crippen LogP contribution in [0, 0.1) is 6.92 Å². The van der Waals surface area contributed by atoms with Crippen molar-refractivity contribution in [3.8, 4) is 17.1 Å². The summed E-state index contributed by atoms with van der Waals surface area (Å²) in [7, 11) is 0. The maximum Gasteiger partial charge on any atom is 0.138 e. The van der Waals surface area contributed by atoms with Crippen molar-refractivity contribution in [2.75, 3.05) is 0 Å². The molecule has 0 aliphatic carbocycles. The lowest BCUT2D eigenvalue weighted by Gasteiger charge is -2.13. The van der Waals surface area contributed by atoms with Crippen molar-refractivity contribution in [3.63, 3.8) is 0 Å². The number of para-hydroxylation sites is 1. The van der Waals surface area contributed by atoms with E-state index >= 15 is 0 Å². The first-order valence-corrected chi connectivity index (χ1v) is 11.7. The van der Waals surface area contributed by atoms with Crippen LogP contribution in [0.4, 0.5) is 0 Å². The van der Waals surface area contributed by atoms with E-state index in [1.54, 1.807) is 0 Å². The summed E-state index contributed by atoms with van der Waals surface area (Å²) < 4.78 is 2.24. The van der Waals surface area contributed by atoms with Crippen LogP contribution in [0.5, 0.6) is 0 Å². The highest BCUT2D eigenvalue weighted by atomic mass is 15.1. The van der Waals surface area contributed by atoms with Crippen molar-refractivity contribution in [1.82, 2.24) is 9.55 Å². The van der Waals surface area contributed by atoms with Crippen LogP contribution in [0.2, 0.25) is 0 Å². The fourth-order valence-electron chi connectivity index (χ4n) is 5.37. The first kappa shape index (κ1) is 19.1. The van der Waals surface area contributed by atoms with Gasteiger partial charge in [0.25, 0.3) is 0 Å². The molecule has 0 radical (unpaired) electrons. The Morgan fingerprint density at radius 1 is 0.529 bits per heavy atom. The molecule has 2 aromatic heterocycles. The molecular weight excluding hydrogens is 412 g/mol. The molecule has 2 heteroatoms. The van der Waals surface area contributed by atoms with Gasteiger partial charge in [0.15, 0.2) is 0 Å². The second kappa shape index (κ2) is 7.29. The summed E-state index contributed by atoms with van der Waals surface area (Å²) in [5, 5.41) is 8.94. The number of pyridine rings is 1. The molecule has 0 aliphatic heterocycles. The predicted octanol–water partition coefficient (Wildman–Crippen LogP) is 8.46. The highest BCUT2D eigenvalue weighted by molar-refractivity contribution is 6.25. The highest BCUT2D eigenvalue weighted by Crippen LogP contribution is 2.37. The minimum atomic E-state index is 0.944. The molecule has 0 atom stereocenters. The number of hydrogen-bond acceptors (Lipinski definition) is 1. The fourth-order valence-corrected chi connectivity index (χ4v) is 5.37. The van der Waals surface area contributed by atoms with Gasteiger partial charge < -0.3 is 0 Å². The van der Waals surface area contributed by atoms with E-state index in [0.717, 1.165) is 17.1 Å². The standard InChI is InChI=1S/C32H22N2/c1-21-19-23-9-2-7-15-31(23)34(21)32-16-8-14-30(33-32)22-17-18-28-26-12-4-3-10-24(26)25-11-5-6-13-27(25)29(28)20-22/h2-20H,1H3. The van der Waals surface area contributed by atoms with Crippen molar-refractivity contribution in [2.24, 2.45) is 0 Å². The number of aryl methyl sites for hydroxylation is 1. The number of benzene rings is 5. The van der Waals surface area contributed by atoms with Gasteiger partial charge in [0.05, 0.1) is 11.2 Å². The Morgan fingerprint density at radius 3 is 1.88 bits per heavy atom. The summed E-state index contributed by atoms with van der Waals surface area (Å²) in [6, 6.07) is 41.2. The van der Waals surface area contributed by atoms with Crippen LogP contribution in [0.15, 0.2) is 115 Å². The summed E-state index contributed by atoms with van der Waals surface area (Å²) in [6.45, 7) is 2.14. The molecule has 0 N–H and O–H groups in total. The summed E-state index contributed by atoms with van der Waals surface area (Å²) >= 11 is 0. The van der Waals surface area contributed by atoms with Crippen molar-refractivity contribution in [2.45, 2.75) is 6.92 Å². The molecule has 160 valence electrons. The van der Waals surface area contributed by atoms with Crippen molar-refractivity contribution < 1.29 is 0 Å². The van der Waals surface area contributed by atoms with Crippen molar-refractivity contribution in [1.29, 1.82) is 0 Å². The van der Waals surface area contributed by atoms with Crippen LogP contribution < -0.4 is 0 Å². The maximum absolute atomic E-state index is 5.11. The van der Waals surface area contributed by atoms with E-state index in [1.807, 2.05) is 0 Å². The van der Waals surface area contributed by atoms with E-state index in [1.165, 1.54) is 48.9 Å². The topological polar surface area (TPSA) is 17.8 Å². The molecule has 0 unspecified atom stereocenters. The molecule has 2 nitrogen and oxygen atoms in total. The van der Waals surface area contributed by atoms with Gasteiger partial charge in [0.2, 0.25) is 0 Å². The summed E-state index contributed by atoms with van der Waals surface area (Å²) in [6.07, 6.45) is 0. The lowest BCUT2D eigenvalue weighted by Crippen LogP contribution is -2.00. The second-order valence-electron chi connectivity index (χ2n) is 8.91. The van der Waals surface area contributed by atoms with Crippen LogP contribution >= 0.6 is 0 Å². The van der Waals surface area contributed by atoms with E-state index < -0.39 is 0 Å². The second-order valence-corrected chi connectivity index (χ2v) is 8.91. The molecule has 2 heterocycles. The number of fused-ring (bicyclic) bond motifs is 7. The van der Waals surface area contributed by atoms with Crippen LogP contribution in [0.3, 0.4) is 0 Å². The van der Waals surface area contributed by atoms with Gasteiger partial charge in [-0.05, 0) is 69.6 Å². The minimum Gasteiger partial charge on any atom is -0.298 e. The smallest absolute Gasteiger partial charge is 0.138 e. The molecule has 5 aromatic carbocycles. The molecule has 0 bridgehead atoms. The van der Waals surface area contributed by atoms with E-state index in [-0.39, 0.29) is 0 Å². The van der Waals surface area contributed by atoms with Gasteiger partial charge in [-0.1, -0.05) is 84.9 Å². The lowest BCUT2D eigenvalue weighted by molar-refractivity contribution is 0.996. The average molecular weight is 435 g/mol. The van der Waals surface area contributed by atoms with E-state index in [2.05, 4.69) is 127 Å². The van der Waals surface area contributed by atoms with E-state index in [0.29, 0.717) is 0 Å². The van der Waals surface area contributed by atoms with Crippen LogP contribution in [0.1, 0.15) is 5.69 Å². The number of aromatic nitrogens is 2. The van der Waals surface area contributed by atoms with Gasteiger partial charge in [-0.15, -0.1) is 0 Å². The zero-order valence-electron chi connectivity index (χ0n) is 18.9. The van der Waals surface area contributed by atoms with Gasteiger partial charge in [-0.2, -0.15) is 0 Å². The molecule has 0 saturated carbocycles. The fraction of sp³-hybridized carbons (Fsp3) is 0.0312. The summed E-state index contributed by atoms with van der Waals surface area (Å²) in [4.78, 5) is 5.11. The molecule has 0 spiro atoms. The third-order valence-corrected chi connectivity index (χ3v) is 6.90. The van der Waals surface area contributed by atoms with Crippen molar-refractivity contribution in [3.05, 3.63) is 121 Å². The Labute approximate surface area is 197 Å². The van der Waals surface area contributed by atoms with Crippen LogP contribution in [-0.4, -0.2) is 9.55 Å². The Morgan fingerprint density at radius 2 is 1.15 bits per heavy atom. The summed E-state index contributed by atoms with van der Waals surface area (Å²) in [5.41, 5.74) is 4.47. The van der Waals surface area contributed by atoms with Gasteiger partial charge in [0.1, 0.15) is 5.82 Å². The first-order valence-electron chi connectivity index (χ1n) is 11.7. The SMILES string of the molecule is Cc1cc2ccccc2n1-c1cccc(-c2ccc3c4ccccc4c4ccccc4c3c2)n1. The van der Waals surface area contributed by atoms with Crippen LogP contribution in [-0.2, 0) is 0 Å². The molecule has 0 amide bonds. The zero-order valence-corrected chi connectivity index (χ0v) is 18.9. The Bertz CT molecular complexity index is 1840. The monoisotopic (exact) mass is 434 g/mol. The maximum atomic E-state index is 5.11. The van der Waals surface area contributed by atoms with Crippen LogP contribution in [0.25, 0.3) is 60.3 Å². The molecule has 0 fully saturated rings. The quantitative estimate of drug-likeness (QED) is 0.250. The lowest BCUT2D eigenvalue weighted by atomic mass is 9.93. The minimum absolute atomic E-state index is 0.944. The third-order valence-electron chi connectivity index (χ3n) is 6.90. The molecule has 0 saturated heterocycles. The number of nitrogens with zero attached hydrogens (tertiary/aromatic N) is 2. The Balaban J connectivity index is 1.47. The largest absolute Gasteiger partial charge is 0.298 e.